The first-order valence-electron chi connectivity index (χ1n) is 14.2. The Bertz CT molecular complexity index is 1230. The second kappa shape index (κ2) is 12.1. The highest BCUT2D eigenvalue weighted by Gasteiger charge is 2.46. The first kappa shape index (κ1) is 29.7. The zero-order valence-corrected chi connectivity index (χ0v) is 24.1. The predicted molar refractivity (Wildman–Crippen MR) is 148 cm³/mol. The van der Waals surface area contributed by atoms with Crippen molar-refractivity contribution in [3.63, 3.8) is 0 Å². The lowest BCUT2D eigenvalue weighted by molar-refractivity contribution is -0.137. The average molecular weight is 560 g/mol. The molecular weight excluding hydrogens is 519 g/mol. The first-order valence-corrected chi connectivity index (χ1v) is 14.2. The molecule has 2 heterocycles. The number of unbranched alkanes of at least 4 members (excludes halogenated alkanes) is 1. The minimum atomic E-state index is -4.47. The number of benzene rings is 2. The highest BCUT2D eigenvalue weighted by atomic mass is 19.4. The number of amides is 3. The van der Waals surface area contributed by atoms with Crippen LogP contribution in [0.2, 0.25) is 0 Å². The summed E-state index contributed by atoms with van der Waals surface area (Å²) in [6.07, 6.45) is -0.930. The van der Waals surface area contributed by atoms with E-state index in [1.165, 1.54) is 11.0 Å². The van der Waals surface area contributed by atoms with E-state index in [0.717, 1.165) is 35.8 Å². The third kappa shape index (κ3) is 6.08. The van der Waals surface area contributed by atoms with E-state index < -0.39 is 17.8 Å². The molecule has 0 bridgehead atoms. The molecule has 218 valence electrons. The largest absolute Gasteiger partial charge is 0.494 e. The van der Waals surface area contributed by atoms with Crippen molar-refractivity contribution in [2.24, 2.45) is 0 Å². The summed E-state index contributed by atoms with van der Waals surface area (Å²) in [5.74, 6) is 0.863. The molecule has 2 aromatic rings. The maximum atomic E-state index is 14.1. The number of halogens is 3. The fraction of sp³-hybridized carbons (Fsp3) is 0.548. The molecule has 3 amide bonds. The molecular formula is C31H40F3N3O3. The molecule has 2 saturated heterocycles. The summed E-state index contributed by atoms with van der Waals surface area (Å²) < 4.78 is 46.7. The van der Waals surface area contributed by atoms with Crippen molar-refractivity contribution in [1.29, 1.82) is 0 Å². The van der Waals surface area contributed by atoms with E-state index in [9.17, 15) is 22.8 Å². The lowest BCUT2D eigenvalue weighted by atomic mass is 9.90. The van der Waals surface area contributed by atoms with Gasteiger partial charge in [-0.05, 0) is 79.6 Å². The van der Waals surface area contributed by atoms with Crippen LogP contribution in [-0.2, 0) is 17.4 Å². The van der Waals surface area contributed by atoms with Gasteiger partial charge >= 0.3 is 12.2 Å². The molecule has 6 nitrogen and oxygen atoms in total. The number of carbonyl (C=O) groups excluding carboxylic acids is 2. The van der Waals surface area contributed by atoms with Gasteiger partial charge in [-0.3, -0.25) is 4.79 Å². The van der Waals surface area contributed by atoms with Crippen molar-refractivity contribution in [2.45, 2.75) is 84.1 Å². The Labute approximate surface area is 235 Å². The van der Waals surface area contributed by atoms with Crippen molar-refractivity contribution in [1.82, 2.24) is 14.7 Å². The number of urea groups is 1. The Morgan fingerprint density at radius 2 is 1.90 bits per heavy atom. The van der Waals surface area contributed by atoms with Crippen molar-refractivity contribution in [3.05, 3.63) is 64.2 Å². The summed E-state index contributed by atoms with van der Waals surface area (Å²) in [4.78, 5) is 31.9. The topological polar surface area (TPSA) is 53.1 Å². The van der Waals surface area contributed by atoms with E-state index in [-0.39, 0.29) is 24.0 Å². The van der Waals surface area contributed by atoms with Gasteiger partial charge in [-0.15, -0.1) is 0 Å². The molecule has 2 aromatic carbocycles. The molecule has 0 N–H and O–H groups in total. The summed E-state index contributed by atoms with van der Waals surface area (Å²) in [7, 11) is 1.64. The molecule has 0 aliphatic carbocycles. The van der Waals surface area contributed by atoms with Crippen LogP contribution in [0, 0.1) is 6.92 Å². The number of hydrogen-bond donors (Lipinski definition) is 0. The smallest absolute Gasteiger partial charge is 0.416 e. The molecule has 4 rings (SSSR count). The number of piperazine rings is 1. The van der Waals surface area contributed by atoms with Crippen LogP contribution >= 0.6 is 0 Å². The van der Waals surface area contributed by atoms with Crippen molar-refractivity contribution in [2.75, 3.05) is 26.7 Å². The fourth-order valence-electron chi connectivity index (χ4n) is 5.85. The van der Waals surface area contributed by atoms with E-state index in [1.54, 1.807) is 24.9 Å². The first-order chi connectivity index (χ1) is 19.0. The molecule has 0 unspecified atom stereocenters. The predicted octanol–water partition coefficient (Wildman–Crippen LogP) is 6.92. The van der Waals surface area contributed by atoms with Crippen LogP contribution in [0.4, 0.5) is 18.0 Å². The number of alkyl halides is 3. The van der Waals surface area contributed by atoms with Gasteiger partial charge in [-0.25, -0.2) is 4.79 Å². The van der Waals surface area contributed by atoms with Gasteiger partial charge in [0.25, 0.3) is 0 Å². The molecule has 9 heteroatoms. The van der Waals surface area contributed by atoms with Gasteiger partial charge in [0.05, 0.1) is 30.3 Å². The number of fused-ring (bicyclic) bond motifs is 1. The van der Waals surface area contributed by atoms with Crippen LogP contribution in [0.3, 0.4) is 0 Å². The Balaban J connectivity index is 1.65. The minimum absolute atomic E-state index is 0.0945. The third-order valence-electron chi connectivity index (χ3n) is 8.34. The highest BCUT2D eigenvalue weighted by Crippen LogP contribution is 2.41. The molecule has 0 spiro atoms. The maximum absolute atomic E-state index is 14.1. The molecule has 0 saturated carbocycles. The van der Waals surface area contributed by atoms with E-state index in [1.807, 2.05) is 36.9 Å². The zero-order chi connectivity index (χ0) is 29.2. The standard InChI is InChI=1S/C31H40F3N3O3/c1-6-8-15-40-25-9-10-26(20(3)16-25)29-27-11-12-28(38)36(27)13-14-37(29)30(39)35(5)21(4)23-17-22(7-2)18-24(19-23)31(32,33)34/h9-10,16-19,21,27,29H,6-8,11-15H2,1-5H3/t21-,27+,29+/m1/s1. The Morgan fingerprint density at radius 3 is 2.55 bits per heavy atom. The SMILES string of the molecule is CCCCOc1ccc([C@H]2[C@@H]3CCC(=O)N3CCN2C(=O)N(C)[C@H](C)c2cc(CC)cc(C(F)(F)F)c2)c(C)c1. The van der Waals surface area contributed by atoms with E-state index in [2.05, 4.69) is 6.92 Å². The minimum Gasteiger partial charge on any atom is -0.494 e. The number of carbonyl (C=O) groups is 2. The summed E-state index contributed by atoms with van der Waals surface area (Å²) in [6, 6.07) is 8.56. The molecule has 3 atom stereocenters. The summed E-state index contributed by atoms with van der Waals surface area (Å²) in [5.41, 5.74) is 2.24. The van der Waals surface area contributed by atoms with E-state index in [4.69, 9.17) is 4.74 Å². The van der Waals surface area contributed by atoms with Gasteiger partial charge in [-0.1, -0.05) is 32.4 Å². The number of rotatable bonds is 8. The van der Waals surface area contributed by atoms with Crippen LogP contribution in [0.1, 0.15) is 86.4 Å². The van der Waals surface area contributed by atoms with Gasteiger partial charge in [0.2, 0.25) is 5.91 Å². The quantitative estimate of drug-likeness (QED) is 0.330. The van der Waals surface area contributed by atoms with Gasteiger partial charge in [0.15, 0.2) is 0 Å². The van der Waals surface area contributed by atoms with Crippen LogP contribution in [-0.4, -0.2) is 59.4 Å². The van der Waals surface area contributed by atoms with Crippen molar-refractivity contribution < 1.29 is 27.5 Å². The molecule has 2 aliphatic heterocycles. The van der Waals surface area contributed by atoms with Crippen LogP contribution in [0.25, 0.3) is 0 Å². The van der Waals surface area contributed by atoms with Crippen LogP contribution in [0.5, 0.6) is 5.75 Å². The Hall–Kier alpha value is -3.23. The third-order valence-corrected chi connectivity index (χ3v) is 8.34. The van der Waals surface area contributed by atoms with Gasteiger partial charge in [-0.2, -0.15) is 13.2 Å². The summed E-state index contributed by atoms with van der Waals surface area (Å²) in [6.45, 7) is 9.08. The van der Waals surface area contributed by atoms with Crippen LogP contribution < -0.4 is 4.74 Å². The maximum Gasteiger partial charge on any atom is 0.416 e. The lowest BCUT2D eigenvalue weighted by Gasteiger charge is -2.47. The lowest BCUT2D eigenvalue weighted by Crippen LogP contribution is -2.57. The average Bonchev–Trinajstić information content (AvgIpc) is 3.31. The molecule has 2 fully saturated rings. The number of hydrogen-bond acceptors (Lipinski definition) is 3. The summed E-state index contributed by atoms with van der Waals surface area (Å²) >= 11 is 0. The number of ether oxygens (including phenoxy) is 1. The molecule has 0 radical (unpaired) electrons. The second-order valence-corrected chi connectivity index (χ2v) is 10.9. The Kier molecular flexibility index (Phi) is 9.00. The molecule has 2 aliphatic rings. The van der Waals surface area contributed by atoms with Crippen LogP contribution in [0.15, 0.2) is 36.4 Å². The Morgan fingerprint density at radius 1 is 1.15 bits per heavy atom. The van der Waals surface area contributed by atoms with Crippen molar-refractivity contribution >= 4 is 11.9 Å². The molecule has 40 heavy (non-hydrogen) atoms. The fourth-order valence-corrected chi connectivity index (χ4v) is 5.85. The van der Waals surface area contributed by atoms with E-state index in [0.29, 0.717) is 50.1 Å². The van der Waals surface area contributed by atoms with Gasteiger partial charge < -0.3 is 19.4 Å². The normalized spacial score (nSPS) is 19.9. The van der Waals surface area contributed by atoms with Gasteiger partial charge in [0.1, 0.15) is 5.75 Å². The highest BCUT2D eigenvalue weighted by molar-refractivity contribution is 5.81. The second-order valence-electron chi connectivity index (χ2n) is 10.9. The summed E-state index contributed by atoms with van der Waals surface area (Å²) in [5, 5.41) is 0. The van der Waals surface area contributed by atoms with E-state index >= 15 is 0 Å². The number of nitrogens with zero attached hydrogens (tertiary/aromatic N) is 3. The molecule has 0 aromatic heterocycles. The monoisotopic (exact) mass is 559 g/mol. The zero-order valence-electron chi connectivity index (χ0n) is 24.1. The van der Waals surface area contributed by atoms with Gasteiger partial charge in [0, 0.05) is 26.6 Å². The number of aryl methyl sites for hydroxylation is 2. The van der Waals surface area contributed by atoms with Crippen molar-refractivity contribution in [3.8, 4) is 5.75 Å².